The van der Waals surface area contributed by atoms with Gasteiger partial charge in [0, 0.05) is 25.0 Å². The Morgan fingerprint density at radius 1 is 1.03 bits per heavy atom. The van der Waals surface area contributed by atoms with Crippen molar-refractivity contribution in [2.45, 2.75) is 51.6 Å². The maximum atomic E-state index is 12.9. The molecule has 0 fully saturated rings. The minimum atomic E-state index is -1.31. The lowest BCUT2D eigenvalue weighted by Gasteiger charge is -2.28. The highest BCUT2D eigenvalue weighted by atomic mass is 16.6. The summed E-state index contributed by atoms with van der Waals surface area (Å²) in [5.41, 5.74) is 0.212. The Bertz CT molecular complexity index is 838. The minimum absolute atomic E-state index is 0.0646. The van der Waals surface area contributed by atoms with Crippen LogP contribution in [0.5, 0.6) is 0 Å². The van der Waals surface area contributed by atoms with E-state index in [2.05, 4.69) is 10.6 Å². The predicted molar refractivity (Wildman–Crippen MR) is 113 cm³/mol. The van der Waals surface area contributed by atoms with Crippen LogP contribution in [-0.4, -0.2) is 55.0 Å². The molecule has 11 nitrogen and oxygen atoms in total. The van der Waals surface area contributed by atoms with Crippen LogP contribution < -0.4 is 10.6 Å². The third-order valence-electron chi connectivity index (χ3n) is 4.70. The van der Waals surface area contributed by atoms with E-state index >= 15 is 0 Å². The van der Waals surface area contributed by atoms with Crippen molar-refractivity contribution in [1.82, 2.24) is 10.6 Å². The van der Waals surface area contributed by atoms with Crippen LogP contribution in [0.15, 0.2) is 24.3 Å². The summed E-state index contributed by atoms with van der Waals surface area (Å²) < 4.78 is 9.55. The number of carbonyl (C=O) groups is 4. The molecule has 1 rings (SSSR count). The highest BCUT2D eigenvalue weighted by Crippen LogP contribution is 2.27. The van der Waals surface area contributed by atoms with Crippen LogP contribution in [-0.2, 0) is 28.7 Å². The molecule has 2 N–H and O–H groups in total. The van der Waals surface area contributed by atoms with Crippen LogP contribution in [0.25, 0.3) is 0 Å². The largest absolute Gasteiger partial charge is 0.469 e. The predicted octanol–water partition coefficient (Wildman–Crippen LogP) is 1.45. The average Bonchev–Trinajstić information content (AvgIpc) is 2.74. The molecule has 0 aliphatic heterocycles. The second kappa shape index (κ2) is 12.4. The maximum absolute atomic E-state index is 12.9. The van der Waals surface area contributed by atoms with Crippen LogP contribution in [0.2, 0.25) is 0 Å². The van der Waals surface area contributed by atoms with Crippen LogP contribution in [0.1, 0.15) is 45.1 Å². The molecule has 3 atom stereocenters. The molecule has 0 heterocycles. The Labute approximate surface area is 186 Å². The average molecular weight is 451 g/mol. The van der Waals surface area contributed by atoms with Crippen molar-refractivity contribution in [3.63, 3.8) is 0 Å². The SMILES string of the molecule is COC(=O)C[C@@H](c1ccc([N+](=O)[O-])cc1)[C@H](NC(=O)[C@H](CC(C)C)NC(C)=O)C(=O)OC. The number of nitrogens with zero attached hydrogens (tertiary/aromatic N) is 1. The maximum Gasteiger partial charge on any atom is 0.329 e. The van der Waals surface area contributed by atoms with E-state index in [1.165, 1.54) is 38.3 Å². The smallest absolute Gasteiger partial charge is 0.329 e. The standard InChI is InChI=1S/C21H29N3O8/c1-12(2)10-17(22-13(3)25)20(27)23-19(21(28)32-5)16(11-18(26)31-4)14-6-8-15(9-7-14)24(29)30/h6-9,12,16-17,19H,10-11H2,1-5H3,(H,22,25)(H,23,27)/t16-,17-,19-/m0/s1. The van der Waals surface area contributed by atoms with Crippen molar-refractivity contribution in [2.75, 3.05) is 14.2 Å². The number of ether oxygens (including phenoxy) is 2. The van der Waals surface area contributed by atoms with Gasteiger partial charge in [-0.3, -0.25) is 24.5 Å². The van der Waals surface area contributed by atoms with Gasteiger partial charge in [0.15, 0.2) is 0 Å². The van der Waals surface area contributed by atoms with Crippen molar-refractivity contribution in [3.8, 4) is 0 Å². The van der Waals surface area contributed by atoms with Gasteiger partial charge in [-0.2, -0.15) is 0 Å². The number of benzene rings is 1. The molecular weight excluding hydrogens is 422 g/mol. The summed E-state index contributed by atoms with van der Waals surface area (Å²) in [6.07, 6.45) is 0.0157. The van der Waals surface area contributed by atoms with Gasteiger partial charge in [-0.05, 0) is 17.9 Å². The van der Waals surface area contributed by atoms with Gasteiger partial charge in [0.2, 0.25) is 11.8 Å². The summed E-state index contributed by atoms with van der Waals surface area (Å²) in [6, 6.07) is 3.04. The Balaban J connectivity index is 3.34. The topological polar surface area (TPSA) is 154 Å². The fourth-order valence-electron chi connectivity index (χ4n) is 3.19. The first-order valence-corrected chi connectivity index (χ1v) is 9.96. The number of nitrogens with one attached hydrogen (secondary N) is 2. The highest BCUT2D eigenvalue weighted by Gasteiger charge is 2.36. The third kappa shape index (κ3) is 7.97. The number of carbonyl (C=O) groups excluding carboxylic acids is 4. The number of nitro groups is 1. The molecule has 2 amide bonds. The molecule has 0 saturated carbocycles. The molecule has 1 aromatic rings. The molecule has 0 radical (unpaired) electrons. The van der Waals surface area contributed by atoms with E-state index < -0.39 is 46.7 Å². The summed E-state index contributed by atoms with van der Waals surface area (Å²) in [4.78, 5) is 59.5. The van der Waals surface area contributed by atoms with Gasteiger partial charge >= 0.3 is 11.9 Å². The molecule has 0 saturated heterocycles. The summed E-state index contributed by atoms with van der Waals surface area (Å²) in [7, 11) is 2.31. The van der Waals surface area contributed by atoms with Crippen LogP contribution in [0, 0.1) is 16.0 Å². The van der Waals surface area contributed by atoms with E-state index in [1.54, 1.807) is 0 Å². The molecule has 0 bridgehead atoms. The highest BCUT2D eigenvalue weighted by molar-refractivity contribution is 5.91. The fraction of sp³-hybridized carbons (Fsp3) is 0.524. The number of amides is 2. The molecule has 11 heteroatoms. The second-order valence-electron chi connectivity index (χ2n) is 7.63. The van der Waals surface area contributed by atoms with Gasteiger partial charge in [-0.1, -0.05) is 26.0 Å². The number of non-ortho nitro benzene ring substituents is 1. The normalized spacial score (nSPS) is 13.4. The lowest BCUT2D eigenvalue weighted by atomic mass is 9.87. The van der Waals surface area contributed by atoms with E-state index in [0.717, 1.165) is 7.11 Å². The number of hydrogen-bond donors (Lipinski definition) is 2. The van der Waals surface area contributed by atoms with E-state index in [0.29, 0.717) is 12.0 Å². The summed E-state index contributed by atoms with van der Waals surface area (Å²) in [5, 5.41) is 16.1. The van der Waals surface area contributed by atoms with Crippen molar-refractivity contribution < 1.29 is 33.6 Å². The number of methoxy groups -OCH3 is 2. The first-order chi connectivity index (χ1) is 15.0. The van der Waals surface area contributed by atoms with Crippen molar-refractivity contribution >= 4 is 29.4 Å². The van der Waals surface area contributed by atoms with Crippen molar-refractivity contribution in [2.24, 2.45) is 5.92 Å². The Kier molecular flexibility index (Phi) is 10.3. The molecule has 0 aliphatic carbocycles. The van der Waals surface area contributed by atoms with Gasteiger partial charge in [-0.25, -0.2) is 4.79 Å². The summed E-state index contributed by atoms with van der Waals surface area (Å²) in [6.45, 7) is 5.02. The van der Waals surface area contributed by atoms with E-state index in [-0.39, 0.29) is 18.0 Å². The van der Waals surface area contributed by atoms with Gasteiger partial charge in [-0.15, -0.1) is 0 Å². The Hall–Kier alpha value is -3.50. The zero-order valence-electron chi connectivity index (χ0n) is 18.7. The van der Waals surface area contributed by atoms with Gasteiger partial charge in [0.1, 0.15) is 12.1 Å². The third-order valence-corrected chi connectivity index (χ3v) is 4.70. The van der Waals surface area contributed by atoms with E-state index in [1.807, 2.05) is 13.8 Å². The summed E-state index contributed by atoms with van der Waals surface area (Å²) >= 11 is 0. The molecular formula is C21H29N3O8. The van der Waals surface area contributed by atoms with Crippen molar-refractivity contribution in [3.05, 3.63) is 39.9 Å². The number of esters is 2. The lowest BCUT2D eigenvalue weighted by Crippen LogP contribution is -2.53. The first-order valence-electron chi connectivity index (χ1n) is 9.96. The molecule has 0 spiro atoms. The van der Waals surface area contributed by atoms with Crippen molar-refractivity contribution in [1.29, 1.82) is 0 Å². The van der Waals surface area contributed by atoms with Gasteiger partial charge in [0.05, 0.1) is 25.6 Å². The Morgan fingerprint density at radius 3 is 2.06 bits per heavy atom. The molecule has 0 unspecified atom stereocenters. The molecule has 0 aliphatic rings. The zero-order valence-corrected chi connectivity index (χ0v) is 18.7. The Morgan fingerprint density at radius 2 is 1.62 bits per heavy atom. The minimum Gasteiger partial charge on any atom is -0.469 e. The molecule has 0 aromatic heterocycles. The zero-order chi connectivity index (χ0) is 24.4. The van der Waals surface area contributed by atoms with Gasteiger partial charge < -0.3 is 20.1 Å². The van der Waals surface area contributed by atoms with Crippen LogP contribution in [0.4, 0.5) is 5.69 Å². The first kappa shape index (κ1) is 26.5. The van der Waals surface area contributed by atoms with Crippen LogP contribution >= 0.6 is 0 Å². The van der Waals surface area contributed by atoms with Crippen LogP contribution in [0.3, 0.4) is 0 Å². The molecule has 1 aromatic carbocycles. The number of rotatable bonds is 11. The lowest BCUT2D eigenvalue weighted by molar-refractivity contribution is -0.384. The molecule has 176 valence electrons. The summed E-state index contributed by atoms with van der Waals surface area (Å²) in [5.74, 6) is -3.39. The number of nitro benzene ring substituents is 1. The van der Waals surface area contributed by atoms with E-state index in [9.17, 15) is 29.3 Å². The quantitative estimate of drug-likeness (QED) is 0.291. The monoisotopic (exact) mass is 451 g/mol. The molecule has 32 heavy (non-hydrogen) atoms. The van der Waals surface area contributed by atoms with E-state index in [4.69, 9.17) is 9.47 Å². The van der Waals surface area contributed by atoms with Gasteiger partial charge in [0.25, 0.3) is 5.69 Å². The second-order valence-corrected chi connectivity index (χ2v) is 7.63. The number of hydrogen-bond acceptors (Lipinski definition) is 8. The fourth-order valence-corrected chi connectivity index (χ4v) is 3.19.